The normalized spacial score (nSPS) is 18.6. The summed E-state index contributed by atoms with van der Waals surface area (Å²) in [6, 6.07) is 1.71. The Bertz CT molecular complexity index is 801. The van der Waals surface area contributed by atoms with Gasteiger partial charge in [0.15, 0.2) is 0 Å². The first-order valence-corrected chi connectivity index (χ1v) is 9.70. The minimum Gasteiger partial charge on any atom is -0.466 e. The summed E-state index contributed by atoms with van der Waals surface area (Å²) in [5, 5.41) is 5.18. The molecule has 0 amide bonds. The van der Waals surface area contributed by atoms with Gasteiger partial charge in [-0.3, -0.25) is 14.5 Å². The third-order valence-electron chi connectivity index (χ3n) is 4.46. The first kappa shape index (κ1) is 18.0. The fraction of sp³-hybridized carbons (Fsp3) is 0.647. The number of rotatable bonds is 6. The first-order valence-electron chi connectivity index (χ1n) is 8.89. The van der Waals surface area contributed by atoms with Gasteiger partial charge < -0.3 is 4.74 Å². The molecule has 0 aromatic carbocycles. The Kier molecular flexibility index (Phi) is 5.80. The summed E-state index contributed by atoms with van der Waals surface area (Å²) in [7, 11) is 0. The van der Waals surface area contributed by atoms with Crippen LogP contribution >= 0.6 is 11.3 Å². The van der Waals surface area contributed by atoms with E-state index in [0.29, 0.717) is 24.5 Å². The van der Waals surface area contributed by atoms with E-state index < -0.39 is 0 Å². The molecule has 0 unspecified atom stereocenters. The summed E-state index contributed by atoms with van der Waals surface area (Å²) in [4.78, 5) is 31.6. The number of hydrogen-bond acceptors (Lipinski definition) is 7. The third-order valence-corrected chi connectivity index (χ3v) is 5.52. The number of nitrogens with zero attached hydrogens (tertiary/aromatic N) is 4. The first-order chi connectivity index (χ1) is 12.1. The van der Waals surface area contributed by atoms with Crippen LogP contribution in [-0.2, 0) is 22.5 Å². The van der Waals surface area contributed by atoms with Gasteiger partial charge in [-0.15, -0.1) is 0 Å². The van der Waals surface area contributed by atoms with Crippen LogP contribution in [0, 0.1) is 0 Å². The number of ether oxygens (including phenoxy) is 1. The van der Waals surface area contributed by atoms with Crippen LogP contribution < -0.4 is 5.56 Å². The summed E-state index contributed by atoms with van der Waals surface area (Å²) < 4.78 is 6.47. The van der Waals surface area contributed by atoms with Crippen molar-refractivity contribution in [3.63, 3.8) is 0 Å². The maximum absolute atomic E-state index is 12.3. The van der Waals surface area contributed by atoms with Crippen molar-refractivity contribution in [1.82, 2.24) is 19.5 Å². The fourth-order valence-electron chi connectivity index (χ4n) is 3.24. The Balaban J connectivity index is 1.78. The van der Waals surface area contributed by atoms with Crippen molar-refractivity contribution in [3.05, 3.63) is 27.1 Å². The predicted molar refractivity (Wildman–Crippen MR) is 95.8 cm³/mol. The molecule has 2 aromatic rings. The second kappa shape index (κ2) is 8.05. The van der Waals surface area contributed by atoms with Gasteiger partial charge in [-0.1, -0.05) is 24.7 Å². The van der Waals surface area contributed by atoms with E-state index in [4.69, 9.17) is 4.74 Å². The molecule has 1 aliphatic rings. The maximum Gasteiger partial charge on any atom is 0.307 e. The number of likely N-dealkylation sites (tertiary alicyclic amines) is 1. The van der Waals surface area contributed by atoms with E-state index in [2.05, 4.69) is 15.0 Å². The molecule has 1 saturated heterocycles. The summed E-state index contributed by atoms with van der Waals surface area (Å²) in [5.41, 5.74) is 0.599. The zero-order chi connectivity index (χ0) is 17.8. The van der Waals surface area contributed by atoms with E-state index in [1.165, 1.54) is 15.9 Å². The summed E-state index contributed by atoms with van der Waals surface area (Å²) in [5.74, 6) is -0.155. The number of esters is 1. The molecule has 0 bridgehead atoms. The van der Waals surface area contributed by atoms with Crippen LogP contribution in [0.2, 0.25) is 0 Å². The molecule has 1 atom stereocenters. The number of carbonyl (C=O) groups excluding carboxylic acids is 1. The Morgan fingerprint density at radius 3 is 3.00 bits per heavy atom. The Hall–Kier alpha value is -1.80. The quantitative estimate of drug-likeness (QED) is 0.730. The van der Waals surface area contributed by atoms with Gasteiger partial charge >= 0.3 is 5.97 Å². The minimum absolute atomic E-state index is 0.144. The molecule has 7 nitrogen and oxygen atoms in total. The standard InChI is InChI=1S/C17H24N4O3S/c1-3-14-19-21-15(22)9-12(18-17(21)25-14)11-20-8-6-5-7-13(20)10-16(23)24-4-2/h9,13H,3-8,10-11H2,1-2H3/t13-/m0/s1. The highest BCUT2D eigenvalue weighted by Crippen LogP contribution is 2.22. The Morgan fingerprint density at radius 1 is 1.40 bits per heavy atom. The average molecular weight is 364 g/mol. The second-order valence-corrected chi connectivity index (χ2v) is 7.30. The second-order valence-electron chi connectivity index (χ2n) is 6.26. The van der Waals surface area contributed by atoms with Crippen LogP contribution in [0.15, 0.2) is 10.9 Å². The van der Waals surface area contributed by atoms with Crippen molar-refractivity contribution in [3.8, 4) is 0 Å². The molecular formula is C17H24N4O3S. The molecule has 3 heterocycles. The van der Waals surface area contributed by atoms with Gasteiger partial charge in [0.1, 0.15) is 5.01 Å². The van der Waals surface area contributed by atoms with E-state index in [1.807, 2.05) is 13.8 Å². The lowest BCUT2D eigenvalue weighted by Crippen LogP contribution is -2.41. The summed E-state index contributed by atoms with van der Waals surface area (Å²) in [6.07, 6.45) is 4.37. The number of aryl methyl sites for hydroxylation is 1. The lowest BCUT2D eigenvalue weighted by molar-refractivity contribution is -0.145. The van der Waals surface area contributed by atoms with Crippen LogP contribution in [-0.4, -0.2) is 44.7 Å². The molecule has 0 radical (unpaired) electrons. The van der Waals surface area contributed by atoms with Gasteiger partial charge in [0.2, 0.25) is 4.96 Å². The van der Waals surface area contributed by atoms with Gasteiger partial charge in [-0.2, -0.15) is 9.61 Å². The lowest BCUT2D eigenvalue weighted by atomic mass is 9.99. The van der Waals surface area contributed by atoms with Crippen LogP contribution in [0.25, 0.3) is 4.96 Å². The number of carbonyl (C=O) groups is 1. The molecule has 2 aromatic heterocycles. The van der Waals surface area contributed by atoms with Gasteiger partial charge in [-0.05, 0) is 32.7 Å². The van der Waals surface area contributed by atoms with Crippen LogP contribution in [0.4, 0.5) is 0 Å². The van der Waals surface area contributed by atoms with Crippen molar-refractivity contribution >= 4 is 22.3 Å². The van der Waals surface area contributed by atoms with Crippen molar-refractivity contribution in [2.24, 2.45) is 0 Å². The topological polar surface area (TPSA) is 76.8 Å². The van der Waals surface area contributed by atoms with Crippen LogP contribution in [0.3, 0.4) is 0 Å². The minimum atomic E-state index is -0.155. The van der Waals surface area contributed by atoms with E-state index in [0.717, 1.165) is 42.9 Å². The molecule has 0 saturated carbocycles. The largest absolute Gasteiger partial charge is 0.466 e. The molecule has 1 aliphatic heterocycles. The Morgan fingerprint density at radius 2 is 2.24 bits per heavy atom. The van der Waals surface area contributed by atoms with Crippen LogP contribution in [0.1, 0.15) is 50.2 Å². The zero-order valence-electron chi connectivity index (χ0n) is 14.7. The lowest BCUT2D eigenvalue weighted by Gasteiger charge is -2.34. The average Bonchev–Trinajstić information content (AvgIpc) is 3.01. The SMILES string of the molecule is CCOC(=O)C[C@@H]1CCCCN1Cc1cc(=O)n2nc(CC)sc2n1. The third kappa shape index (κ3) is 4.24. The van der Waals surface area contributed by atoms with Gasteiger partial charge in [0.05, 0.1) is 18.7 Å². The number of aromatic nitrogens is 3. The molecule has 0 aliphatic carbocycles. The van der Waals surface area contributed by atoms with E-state index in [1.54, 1.807) is 6.07 Å². The smallest absolute Gasteiger partial charge is 0.307 e. The predicted octanol–water partition coefficient (Wildman–Crippen LogP) is 2.02. The van der Waals surface area contributed by atoms with Crippen LogP contribution in [0.5, 0.6) is 0 Å². The molecule has 25 heavy (non-hydrogen) atoms. The fourth-order valence-corrected chi connectivity index (χ4v) is 4.10. The monoisotopic (exact) mass is 364 g/mol. The van der Waals surface area contributed by atoms with Crippen molar-refractivity contribution < 1.29 is 9.53 Å². The van der Waals surface area contributed by atoms with Crippen molar-refractivity contribution in [2.45, 2.75) is 58.5 Å². The number of piperidine rings is 1. The molecule has 136 valence electrons. The Labute approximate surface area is 150 Å². The van der Waals surface area contributed by atoms with Gasteiger partial charge in [0.25, 0.3) is 5.56 Å². The molecular weight excluding hydrogens is 340 g/mol. The molecule has 3 rings (SSSR count). The van der Waals surface area contributed by atoms with Gasteiger partial charge in [-0.25, -0.2) is 4.98 Å². The highest BCUT2D eigenvalue weighted by atomic mass is 32.1. The van der Waals surface area contributed by atoms with Crippen molar-refractivity contribution in [2.75, 3.05) is 13.2 Å². The highest BCUT2D eigenvalue weighted by molar-refractivity contribution is 7.16. The van der Waals surface area contributed by atoms with E-state index >= 15 is 0 Å². The number of fused-ring (bicyclic) bond motifs is 1. The number of hydrogen-bond donors (Lipinski definition) is 0. The van der Waals surface area contributed by atoms with Crippen molar-refractivity contribution in [1.29, 1.82) is 0 Å². The van der Waals surface area contributed by atoms with Gasteiger partial charge in [0, 0.05) is 18.7 Å². The molecule has 1 fully saturated rings. The maximum atomic E-state index is 12.3. The molecule has 8 heteroatoms. The summed E-state index contributed by atoms with van der Waals surface area (Å²) in [6.45, 7) is 5.73. The van der Waals surface area contributed by atoms with E-state index in [9.17, 15) is 9.59 Å². The van der Waals surface area contributed by atoms with E-state index in [-0.39, 0.29) is 17.6 Å². The highest BCUT2D eigenvalue weighted by Gasteiger charge is 2.26. The summed E-state index contributed by atoms with van der Waals surface area (Å²) >= 11 is 1.45. The molecule has 0 N–H and O–H groups in total. The zero-order valence-corrected chi connectivity index (χ0v) is 15.5. The molecule has 0 spiro atoms.